The first-order chi connectivity index (χ1) is 8.29. The summed E-state index contributed by atoms with van der Waals surface area (Å²) in [6.07, 6.45) is 0. The molecule has 0 saturated carbocycles. The first-order valence-corrected chi connectivity index (χ1v) is 6.43. The van der Waals surface area contributed by atoms with Gasteiger partial charge >= 0.3 is 0 Å². The van der Waals surface area contributed by atoms with Gasteiger partial charge in [0.25, 0.3) is 0 Å². The van der Waals surface area contributed by atoms with Crippen LogP contribution < -0.4 is 5.73 Å². The van der Waals surface area contributed by atoms with Crippen molar-refractivity contribution in [2.75, 3.05) is 5.73 Å². The molecule has 2 rings (SSSR count). The maximum absolute atomic E-state index is 13.4. The molecule has 18 heavy (non-hydrogen) atoms. The highest BCUT2D eigenvalue weighted by Gasteiger charge is 2.20. The summed E-state index contributed by atoms with van der Waals surface area (Å²) in [5.41, 5.74) is 6.35. The lowest BCUT2D eigenvalue weighted by molar-refractivity contribution is 0.585. The van der Waals surface area contributed by atoms with Crippen molar-refractivity contribution in [1.29, 1.82) is 0 Å². The lowest BCUT2D eigenvalue weighted by Crippen LogP contribution is -2.10. The molecule has 0 unspecified atom stereocenters. The van der Waals surface area contributed by atoms with Gasteiger partial charge in [-0.15, -0.1) is 11.3 Å². The summed E-state index contributed by atoms with van der Waals surface area (Å²) in [6.45, 7) is 7.82. The summed E-state index contributed by atoms with van der Waals surface area (Å²) >= 11 is 1.54. The molecule has 0 saturated heterocycles. The van der Waals surface area contributed by atoms with Crippen molar-refractivity contribution >= 4 is 17.2 Å². The van der Waals surface area contributed by atoms with Crippen LogP contribution in [0.3, 0.4) is 0 Å². The highest BCUT2D eigenvalue weighted by molar-refractivity contribution is 7.10. The lowest BCUT2D eigenvalue weighted by atomic mass is 9.98. The molecule has 2 N–H and O–H groups in total. The molecule has 2 heterocycles. The third kappa shape index (κ3) is 2.33. The van der Waals surface area contributed by atoms with Crippen LogP contribution in [-0.4, -0.2) is 15.0 Å². The Morgan fingerprint density at radius 3 is 2.39 bits per heavy atom. The van der Waals surface area contributed by atoms with Gasteiger partial charge in [0, 0.05) is 10.8 Å². The van der Waals surface area contributed by atoms with Crippen molar-refractivity contribution in [2.24, 2.45) is 0 Å². The van der Waals surface area contributed by atoms with E-state index < -0.39 is 5.82 Å². The molecule has 0 fully saturated rings. The molecule has 0 atom stereocenters. The van der Waals surface area contributed by atoms with E-state index in [9.17, 15) is 4.39 Å². The molecule has 96 valence electrons. The Morgan fingerprint density at radius 2 is 1.89 bits per heavy atom. The van der Waals surface area contributed by atoms with Crippen LogP contribution in [-0.2, 0) is 5.41 Å². The molecule has 2 aromatic rings. The SMILES string of the molecule is Cc1nc(-c2csc(C(C)(C)C)n2)nc(N)c1F. The summed E-state index contributed by atoms with van der Waals surface area (Å²) in [7, 11) is 0. The molecular weight excluding hydrogens is 251 g/mol. The largest absolute Gasteiger partial charge is 0.381 e. The molecule has 6 heteroatoms. The Labute approximate surface area is 109 Å². The van der Waals surface area contributed by atoms with Crippen LogP contribution in [0.25, 0.3) is 11.5 Å². The fourth-order valence-electron chi connectivity index (χ4n) is 1.42. The minimum absolute atomic E-state index is 0.0243. The predicted octanol–water partition coefficient (Wildman–Crippen LogP) is 2.93. The van der Waals surface area contributed by atoms with E-state index in [4.69, 9.17) is 5.73 Å². The Kier molecular flexibility index (Phi) is 3.06. The van der Waals surface area contributed by atoms with Crippen molar-refractivity contribution in [2.45, 2.75) is 33.1 Å². The number of aryl methyl sites for hydroxylation is 1. The number of halogens is 1. The molecule has 0 radical (unpaired) electrons. The second kappa shape index (κ2) is 4.28. The van der Waals surface area contributed by atoms with Crippen LogP contribution >= 0.6 is 11.3 Å². The number of hydrogen-bond donors (Lipinski definition) is 1. The van der Waals surface area contributed by atoms with Gasteiger partial charge in [0.15, 0.2) is 17.5 Å². The van der Waals surface area contributed by atoms with E-state index in [0.29, 0.717) is 11.5 Å². The lowest BCUT2D eigenvalue weighted by Gasteiger charge is -2.13. The van der Waals surface area contributed by atoms with Crippen molar-refractivity contribution in [3.8, 4) is 11.5 Å². The number of aromatic nitrogens is 3. The Bertz CT molecular complexity index is 563. The molecule has 0 bridgehead atoms. The maximum atomic E-state index is 13.4. The van der Waals surface area contributed by atoms with E-state index in [-0.39, 0.29) is 16.9 Å². The number of thiazole rings is 1. The normalized spacial score (nSPS) is 11.8. The number of nitrogen functional groups attached to an aromatic ring is 1. The fourth-order valence-corrected chi connectivity index (χ4v) is 2.30. The molecule has 0 aliphatic rings. The van der Waals surface area contributed by atoms with E-state index >= 15 is 0 Å². The van der Waals surface area contributed by atoms with E-state index in [0.717, 1.165) is 5.01 Å². The maximum Gasteiger partial charge on any atom is 0.186 e. The third-order valence-corrected chi connectivity index (χ3v) is 3.69. The second-order valence-corrected chi connectivity index (χ2v) is 5.98. The van der Waals surface area contributed by atoms with Gasteiger partial charge in [0.05, 0.1) is 10.7 Å². The van der Waals surface area contributed by atoms with Crippen molar-refractivity contribution in [1.82, 2.24) is 15.0 Å². The van der Waals surface area contributed by atoms with Crippen molar-refractivity contribution in [3.05, 3.63) is 21.9 Å². The number of hydrogen-bond acceptors (Lipinski definition) is 5. The topological polar surface area (TPSA) is 64.7 Å². The first kappa shape index (κ1) is 12.9. The molecule has 0 spiro atoms. The monoisotopic (exact) mass is 266 g/mol. The van der Waals surface area contributed by atoms with Crippen LogP contribution in [0.4, 0.5) is 10.2 Å². The third-order valence-electron chi connectivity index (χ3n) is 2.42. The number of nitrogens with zero attached hydrogens (tertiary/aromatic N) is 3. The smallest absolute Gasteiger partial charge is 0.186 e. The second-order valence-electron chi connectivity index (χ2n) is 5.12. The van der Waals surface area contributed by atoms with E-state index in [2.05, 4.69) is 35.7 Å². The number of nitrogens with two attached hydrogens (primary N) is 1. The molecule has 4 nitrogen and oxygen atoms in total. The van der Waals surface area contributed by atoms with Crippen LogP contribution in [0.2, 0.25) is 0 Å². The van der Waals surface area contributed by atoms with Gasteiger partial charge in [-0.2, -0.15) is 0 Å². The molecule has 0 aromatic carbocycles. The molecule has 0 aliphatic carbocycles. The van der Waals surface area contributed by atoms with E-state index in [1.807, 2.05) is 5.38 Å². The highest BCUT2D eigenvalue weighted by atomic mass is 32.1. The number of rotatable bonds is 1. The fraction of sp³-hybridized carbons (Fsp3) is 0.417. The van der Waals surface area contributed by atoms with Gasteiger partial charge in [0.2, 0.25) is 0 Å². The molecule has 0 aliphatic heterocycles. The van der Waals surface area contributed by atoms with Crippen LogP contribution in [0, 0.1) is 12.7 Å². The van der Waals surface area contributed by atoms with Crippen molar-refractivity contribution < 1.29 is 4.39 Å². The zero-order valence-electron chi connectivity index (χ0n) is 10.8. The zero-order chi connectivity index (χ0) is 13.5. The van der Waals surface area contributed by atoms with Gasteiger partial charge in [0.1, 0.15) is 5.69 Å². The minimum Gasteiger partial charge on any atom is -0.381 e. The zero-order valence-corrected chi connectivity index (χ0v) is 11.6. The van der Waals surface area contributed by atoms with Crippen molar-refractivity contribution in [3.63, 3.8) is 0 Å². The van der Waals surface area contributed by atoms with E-state index in [1.54, 1.807) is 18.3 Å². The Morgan fingerprint density at radius 1 is 1.22 bits per heavy atom. The van der Waals surface area contributed by atoms with Crippen LogP contribution in [0.15, 0.2) is 5.38 Å². The average Bonchev–Trinajstić information content (AvgIpc) is 2.73. The average molecular weight is 266 g/mol. The van der Waals surface area contributed by atoms with Gasteiger partial charge < -0.3 is 5.73 Å². The molecular formula is C12H15FN4S. The highest BCUT2D eigenvalue weighted by Crippen LogP contribution is 2.29. The van der Waals surface area contributed by atoms with Gasteiger partial charge in [-0.25, -0.2) is 19.3 Å². The summed E-state index contributed by atoms with van der Waals surface area (Å²) in [4.78, 5) is 12.5. The quantitative estimate of drug-likeness (QED) is 0.862. The standard InChI is InChI=1S/C12H15FN4S/c1-6-8(13)9(14)17-10(15-6)7-5-18-11(16-7)12(2,3)4/h5H,1-4H3,(H2,14,15,17). The Hall–Kier alpha value is -1.56. The van der Waals surface area contributed by atoms with Gasteiger partial charge in [-0.1, -0.05) is 20.8 Å². The van der Waals surface area contributed by atoms with Gasteiger partial charge in [-0.05, 0) is 6.92 Å². The summed E-state index contributed by atoms with van der Waals surface area (Å²) in [5.74, 6) is -0.328. The summed E-state index contributed by atoms with van der Waals surface area (Å²) in [5, 5.41) is 2.86. The minimum atomic E-state index is -0.565. The Balaban J connectivity index is 2.47. The summed E-state index contributed by atoms with van der Waals surface area (Å²) < 4.78 is 13.4. The number of anilines is 1. The predicted molar refractivity (Wildman–Crippen MR) is 70.9 cm³/mol. The molecule has 0 amide bonds. The van der Waals surface area contributed by atoms with E-state index in [1.165, 1.54) is 0 Å². The van der Waals surface area contributed by atoms with Gasteiger partial charge in [-0.3, -0.25) is 0 Å². The molecule has 2 aromatic heterocycles. The first-order valence-electron chi connectivity index (χ1n) is 5.55. The van der Waals surface area contributed by atoms with Crippen LogP contribution in [0.1, 0.15) is 31.5 Å². The van der Waals surface area contributed by atoms with Crippen LogP contribution in [0.5, 0.6) is 0 Å². The summed E-state index contributed by atoms with van der Waals surface area (Å²) in [6, 6.07) is 0.